The molecule has 258 valence electrons. The van der Waals surface area contributed by atoms with Gasteiger partial charge in [-0.25, -0.2) is 4.57 Å². The molecule has 12 nitrogen and oxygen atoms in total. The van der Waals surface area contributed by atoms with Gasteiger partial charge in [-0.2, -0.15) is 0 Å². The third-order valence-electron chi connectivity index (χ3n) is 9.20. The first kappa shape index (κ1) is 35.0. The number of nitrogens with zero attached hydrogens (tertiary/aromatic N) is 10. The first-order valence-corrected chi connectivity index (χ1v) is 19.1. The van der Waals surface area contributed by atoms with Gasteiger partial charge in [0.1, 0.15) is 6.29 Å². The number of hydrogen-bond acceptors (Lipinski definition) is 10. The zero-order valence-corrected chi connectivity index (χ0v) is 29.8. The molecule has 0 bridgehead atoms. The summed E-state index contributed by atoms with van der Waals surface area (Å²) in [6.45, 7) is 11.6. The van der Waals surface area contributed by atoms with Crippen molar-refractivity contribution in [3.8, 4) is 22.8 Å². The molecule has 0 aromatic carbocycles. The maximum absolute atomic E-state index is 13.3. The lowest BCUT2D eigenvalue weighted by Crippen LogP contribution is -2.40. The standard InChI is InChI=1S/C35H45N10O2S2/c1-3-17-45-33(38-40-35(45)49-30(25-46)24-41-18-6-5-7-19-41)28-12-21-42(22-13-28)29-9-8-20-43(23-14-29)31(47)26-48-34-39-37-32(44(34)4-2)27-10-15-36-16-11-27/h3,10-13,15-16,21-22,25,29-30H,1,4-9,14,17-20,23-24,26H2,2H3/q+1. The van der Waals surface area contributed by atoms with Gasteiger partial charge in [0.05, 0.1) is 11.0 Å². The maximum atomic E-state index is 13.3. The fourth-order valence-electron chi connectivity index (χ4n) is 6.59. The van der Waals surface area contributed by atoms with Crippen molar-refractivity contribution in [1.82, 2.24) is 44.3 Å². The molecule has 2 aliphatic rings. The number of aromatic nitrogens is 8. The summed E-state index contributed by atoms with van der Waals surface area (Å²) < 4.78 is 6.34. The van der Waals surface area contributed by atoms with Crippen LogP contribution >= 0.6 is 23.5 Å². The van der Waals surface area contributed by atoms with E-state index in [0.29, 0.717) is 24.9 Å². The molecule has 0 aliphatic carbocycles. The van der Waals surface area contributed by atoms with Gasteiger partial charge in [-0.3, -0.25) is 14.3 Å². The third kappa shape index (κ3) is 8.65. The maximum Gasteiger partial charge on any atom is 0.233 e. The number of thioether (sulfide) groups is 2. The number of aldehydes is 1. The largest absolute Gasteiger partial charge is 0.342 e. The summed E-state index contributed by atoms with van der Waals surface area (Å²) >= 11 is 2.93. The van der Waals surface area contributed by atoms with Crippen molar-refractivity contribution in [3.05, 3.63) is 61.7 Å². The highest BCUT2D eigenvalue weighted by atomic mass is 32.2. The molecule has 49 heavy (non-hydrogen) atoms. The highest BCUT2D eigenvalue weighted by molar-refractivity contribution is 8.00. The van der Waals surface area contributed by atoms with Gasteiger partial charge in [0.25, 0.3) is 0 Å². The molecule has 0 saturated carbocycles. The summed E-state index contributed by atoms with van der Waals surface area (Å²) in [6.07, 6.45) is 17.1. The van der Waals surface area contributed by atoms with Gasteiger partial charge in [-0.15, -0.1) is 27.0 Å². The van der Waals surface area contributed by atoms with E-state index in [2.05, 4.69) is 72.9 Å². The number of allylic oxidation sites excluding steroid dienone is 1. The van der Waals surface area contributed by atoms with Gasteiger partial charge >= 0.3 is 0 Å². The Morgan fingerprint density at radius 2 is 1.63 bits per heavy atom. The second kappa shape index (κ2) is 17.2. The van der Waals surface area contributed by atoms with Gasteiger partial charge in [0.2, 0.25) is 5.91 Å². The predicted octanol–water partition coefficient (Wildman–Crippen LogP) is 4.58. The van der Waals surface area contributed by atoms with Crippen LogP contribution in [0.5, 0.6) is 0 Å². The van der Waals surface area contributed by atoms with E-state index in [1.807, 2.05) is 32.2 Å². The van der Waals surface area contributed by atoms with Crippen LogP contribution in [0, 0.1) is 0 Å². The van der Waals surface area contributed by atoms with Gasteiger partial charge in [-0.1, -0.05) is 36.0 Å². The smallest absolute Gasteiger partial charge is 0.233 e. The second-order valence-electron chi connectivity index (χ2n) is 12.4. The number of amides is 1. The Morgan fingerprint density at radius 3 is 2.35 bits per heavy atom. The fraction of sp³-hybridized carbons (Fsp3) is 0.486. The quantitative estimate of drug-likeness (QED) is 0.0800. The Bertz CT molecular complexity index is 1690. The predicted molar refractivity (Wildman–Crippen MR) is 191 cm³/mol. The van der Waals surface area contributed by atoms with E-state index in [1.165, 1.54) is 42.8 Å². The lowest BCUT2D eigenvalue weighted by molar-refractivity contribution is -0.724. The van der Waals surface area contributed by atoms with E-state index in [0.717, 1.165) is 91.4 Å². The number of rotatable bonds is 14. The molecule has 0 spiro atoms. The molecule has 6 heterocycles. The Kier molecular flexibility index (Phi) is 12.3. The van der Waals surface area contributed by atoms with E-state index in [1.54, 1.807) is 12.4 Å². The summed E-state index contributed by atoms with van der Waals surface area (Å²) in [6, 6.07) is 8.30. The molecule has 1 amide bonds. The van der Waals surface area contributed by atoms with Gasteiger partial charge < -0.3 is 19.2 Å². The Balaban J connectivity index is 1.05. The molecule has 2 aliphatic heterocycles. The molecular formula is C35H45N10O2S2+. The summed E-state index contributed by atoms with van der Waals surface area (Å²) in [5.41, 5.74) is 1.92. The van der Waals surface area contributed by atoms with Crippen molar-refractivity contribution < 1.29 is 14.2 Å². The SMILES string of the molecule is C=CCn1c(SC(C=O)CN2CCCCC2)nnc1-c1cc[n+](C2CCCN(C(=O)CSc3nnc(-c4ccncc4)n3CC)CC2)cc1. The molecule has 14 heteroatoms. The highest BCUT2D eigenvalue weighted by Gasteiger charge is 2.27. The van der Waals surface area contributed by atoms with Gasteiger partial charge in [0.15, 0.2) is 40.4 Å². The number of hydrogen-bond donors (Lipinski definition) is 0. The van der Waals surface area contributed by atoms with Crippen molar-refractivity contribution in [2.24, 2.45) is 0 Å². The van der Waals surface area contributed by atoms with E-state index in [9.17, 15) is 9.59 Å². The first-order valence-electron chi connectivity index (χ1n) is 17.2. The lowest BCUT2D eigenvalue weighted by Gasteiger charge is -2.28. The topological polar surface area (TPSA) is 119 Å². The van der Waals surface area contributed by atoms with Crippen LogP contribution in [0.25, 0.3) is 22.8 Å². The summed E-state index contributed by atoms with van der Waals surface area (Å²) in [7, 11) is 0. The second-order valence-corrected chi connectivity index (χ2v) is 14.6. The van der Waals surface area contributed by atoms with Crippen LogP contribution in [0.1, 0.15) is 51.5 Å². The molecule has 4 aromatic heterocycles. The lowest BCUT2D eigenvalue weighted by atomic mass is 10.1. The number of piperidine rings is 1. The fourth-order valence-corrected chi connectivity index (χ4v) is 8.49. The van der Waals surface area contributed by atoms with Crippen LogP contribution in [0.4, 0.5) is 0 Å². The summed E-state index contributed by atoms with van der Waals surface area (Å²) in [5.74, 6) is 2.01. The normalized spacial score (nSPS) is 17.8. The third-order valence-corrected chi connectivity index (χ3v) is 11.2. The van der Waals surface area contributed by atoms with Crippen LogP contribution < -0.4 is 4.57 Å². The van der Waals surface area contributed by atoms with Crippen molar-refractivity contribution in [1.29, 1.82) is 0 Å². The van der Waals surface area contributed by atoms with Crippen molar-refractivity contribution in [3.63, 3.8) is 0 Å². The van der Waals surface area contributed by atoms with E-state index in [-0.39, 0.29) is 11.2 Å². The van der Waals surface area contributed by atoms with Crippen molar-refractivity contribution >= 4 is 35.7 Å². The molecule has 2 fully saturated rings. The molecule has 0 radical (unpaired) electrons. The van der Waals surface area contributed by atoms with Crippen molar-refractivity contribution in [2.75, 3.05) is 38.5 Å². The first-order chi connectivity index (χ1) is 24.1. The summed E-state index contributed by atoms with van der Waals surface area (Å²) in [5, 5.41) is 19.1. The summed E-state index contributed by atoms with van der Waals surface area (Å²) in [4.78, 5) is 33.8. The Morgan fingerprint density at radius 1 is 0.918 bits per heavy atom. The van der Waals surface area contributed by atoms with Crippen molar-refractivity contribution in [2.45, 2.75) is 80.1 Å². The number of pyridine rings is 2. The zero-order valence-electron chi connectivity index (χ0n) is 28.1. The molecule has 6 rings (SSSR count). The van der Waals surface area contributed by atoms with E-state index in [4.69, 9.17) is 0 Å². The Labute approximate surface area is 296 Å². The molecule has 2 atom stereocenters. The number of carbonyl (C=O) groups is 2. The van der Waals surface area contributed by atoms with Gasteiger partial charge in [0, 0.05) is 81.2 Å². The molecule has 2 saturated heterocycles. The molecule has 4 aromatic rings. The minimum atomic E-state index is -0.195. The monoisotopic (exact) mass is 701 g/mol. The Hall–Kier alpha value is -3.88. The minimum Gasteiger partial charge on any atom is -0.342 e. The molecule has 2 unspecified atom stereocenters. The van der Waals surface area contributed by atoms with E-state index < -0.39 is 0 Å². The van der Waals surface area contributed by atoms with Crippen LogP contribution in [0.2, 0.25) is 0 Å². The van der Waals surface area contributed by atoms with Crippen LogP contribution in [0.3, 0.4) is 0 Å². The van der Waals surface area contributed by atoms with Crippen LogP contribution in [0.15, 0.2) is 72.0 Å². The highest BCUT2D eigenvalue weighted by Crippen LogP contribution is 2.28. The molecular weight excluding hydrogens is 657 g/mol. The van der Waals surface area contributed by atoms with Crippen LogP contribution in [-0.2, 0) is 22.7 Å². The number of likely N-dealkylation sites (tertiary alicyclic amines) is 2. The minimum absolute atomic E-state index is 0.130. The number of carbonyl (C=O) groups excluding carboxylic acids is 2. The van der Waals surface area contributed by atoms with Gasteiger partial charge in [-0.05, 0) is 51.4 Å². The average Bonchev–Trinajstić information content (AvgIpc) is 3.65. The van der Waals surface area contributed by atoms with E-state index >= 15 is 0 Å². The molecule has 0 N–H and O–H groups in total. The average molecular weight is 702 g/mol. The zero-order chi connectivity index (χ0) is 34.0. The van der Waals surface area contributed by atoms with Crippen LogP contribution in [-0.4, -0.2) is 100 Å².